The van der Waals surface area contributed by atoms with E-state index in [9.17, 15) is 10.2 Å². The van der Waals surface area contributed by atoms with E-state index >= 15 is 0 Å². The minimum Gasteiger partial charge on any atom is -0.504 e. The molecule has 1 aromatic carbocycles. The van der Waals surface area contributed by atoms with E-state index in [-0.39, 0.29) is 11.5 Å². The van der Waals surface area contributed by atoms with Gasteiger partial charge in [-0.25, -0.2) is 4.99 Å². The number of aromatic hydroxyl groups is 2. The van der Waals surface area contributed by atoms with E-state index in [2.05, 4.69) is 5.10 Å². The fourth-order valence-corrected chi connectivity index (χ4v) is 3.35. The molecule has 0 fully saturated rings. The number of rotatable bonds is 2. The second kappa shape index (κ2) is 5.58. The molecule has 120 valence electrons. The van der Waals surface area contributed by atoms with Crippen molar-refractivity contribution in [1.82, 2.24) is 14.3 Å². The number of thiazole rings is 1. The number of phenols is 2. The largest absolute Gasteiger partial charge is 0.504 e. The summed E-state index contributed by atoms with van der Waals surface area (Å²) >= 11 is 1.52. The van der Waals surface area contributed by atoms with E-state index < -0.39 is 0 Å². The van der Waals surface area contributed by atoms with Gasteiger partial charge in [0.1, 0.15) is 5.69 Å². The summed E-state index contributed by atoms with van der Waals surface area (Å²) in [5, 5.41) is 25.5. The van der Waals surface area contributed by atoms with Gasteiger partial charge >= 0.3 is 0 Å². The number of nitrogens with zero attached hydrogens (tertiary/aromatic N) is 4. The maximum Gasteiger partial charge on any atom is 0.190 e. The highest BCUT2D eigenvalue weighted by molar-refractivity contribution is 7.07. The zero-order valence-electron chi connectivity index (χ0n) is 13.4. The standard InChI is InChI=1S/C16H18N4O2S/c1-9-15(10(2)20(4)18-9)17-16-19(3)12(8-23-16)11-5-6-13(21)14(22)7-11/h5-8,21-22H,1-4H3. The molecule has 7 heteroatoms. The van der Waals surface area contributed by atoms with Crippen LogP contribution in [-0.2, 0) is 14.1 Å². The molecule has 0 radical (unpaired) electrons. The predicted molar refractivity (Wildman–Crippen MR) is 90.0 cm³/mol. The second-order valence-electron chi connectivity index (χ2n) is 5.42. The summed E-state index contributed by atoms with van der Waals surface area (Å²) in [7, 11) is 3.83. The normalized spacial score (nSPS) is 12.1. The van der Waals surface area contributed by atoms with Crippen LogP contribution in [0.4, 0.5) is 5.69 Å². The molecule has 0 aliphatic rings. The molecule has 3 rings (SSSR count). The lowest BCUT2D eigenvalue weighted by molar-refractivity contribution is 0.404. The summed E-state index contributed by atoms with van der Waals surface area (Å²) in [4.78, 5) is 5.57. The Morgan fingerprint density at radius 1 is 1.13 bits per heavy atom. The van der Waals surface area contributed by atoms with Gasteiger partial charge in [-0.2, -0.15) is 5.10 Å². The fourth-order valence-electron chi connectivity index (χ4n) is 2.44. The van der Waals surface area contributed by atoms with Crippen LogP contribution in [0.3, 0.4) is 0 Å². The van der Waals surface area contributed by atoms with Gasteiger partial charge in [0.2, 0.25) is 0 Å². The summed E-state index contributed by atoms with van der Waals surface area (Å²) in [5.41, 5.74) is 4.52. The molecule has 0 saturated carbocycles. The fraction of sp³-hybridized carbons (Fsp3) is 0.250. The van der Waals surface area contributed by atoms with Crippen LogP contribution < -0.4 is 4.80 Å². The molecule has 0 atom stereocenters. The molecule has 0 aliphatic heterocycles. The van der Waals surface area contributed by atoms with Crippen molar-refractivity contribution < 1.29 is 10.2 Å². The maximum absolute atomic E-state index is 9.68. The Morgan fingerprint density at radius 2 is 1.87 bits per heavy atom. The lowest BCUT2D eigenvalue weighted by atomic mass is 10.1. The Balaban J connectivity index is 2.12. The van der Waals surface area contributed by atoms with Gasteiger partial charge < -0.3 is 14.8 Å². The first-order valence-electron chi connectivity index (χ1n) is 7.10. The van der Waals surface area contributed by atoms with Crippen LogP contribution >= 0.6 is 11.3 Å². The van der Waals surface area contributed by atoms with Crippen LogP contribution in [-0.4, -0.2) is 24.6 Å². The molecule has 0 bridgehead atoms. The quantitative estimate of drug-likeness (QED) is 0.709. The van der Waals surface area contributed by atoms with Gasteiger partial charge in [0.25, 0.3) is 0 Å². The van der Waals surface area contributed by atoms with E-state index in [0.29, 0.717) is 0 Å². The summed E-state index contributed by atoms with van der Waals surface area (Å²) in [6.45, 7) is 3.93. The van der Waals surface area contributed by atoms with Crippen molar-refractivity contribution in [3.8, 4) is 22.8 Å². The molecular weight excluding hydrogens is 312 g/mol. The molecule has 0 unspecified atom stereocenters. The van der Waals surface area contributed by atoms with E-state index in [1.54, 1.807) is 12.1 Å². The number of aryl methyl sites for hydroxylation is 2. The van der Waals surface area contributed by atoms with Gasteiger partial charge in [0.15, 0.2) is 16.3 Å². The Morgan fingerprint density at radius 3 is 2.48 bits per heavy atom. The van der Waals surface area contributed by atoms with Crippen LogP contribution in [0.25, 0.3) is 11.3 Å². The molecule has 0 amide bonds. The van der Waals surface area contributed by atoms with Crippen molar-refractivity contribution >= 4 is 17.0 Å². The Bertz CT molecular complexity index is 950. The van der Waals surface area contributed by atoms with Crippen molar-refractivity contribution in [3.05, 3.63) is 39.8 Å². The summed E-state index contributed by atoms with van der Waals surface area (Å²) in [5.74, 6) is -0.260. The lowest BCUT2D eigenvalue weighted by Crippen LogP contribution is -2.11. The second-order valence-corrected chi connectivity index (χ2v) is 6.26. The molecule has 2 aromatic heterocycles. The Kier molecular flexibility index (Phi) is 3.73. The third kappa shape index (κ3) is 2.63. The van der Waals surface area contributed by atoms with Gasteiger partial charge in [-0.15, -0.1) is 11.3 Å². The van der Waals surface area contributed by atoms with E-state index in [1.807, 2.05) is 42.6 Å². The van der Waals surface area contributed by atoms with Crippen molar-refractivity contribution in [3.63, 3.8) is 0 Å². The van der Waals surface area contributed by atoms with Crippen LogP contribution in [0.15, 0.2) is 28.6 Å². The lowest BCUT2D eigenvalue weighted by Gasteiger charge is -2.04. The summed E-state index contributed by atoms with van der Waals surface area (Å²) in [6, 6.07) is 4.79. The van der Waals surface area contributed by atoms with E-state index in [4.69, 9.17) is 4.99 Å². The average molecular weight is 330 g/mol. The number of aromatic nitrogens is 3. The predicted octanol–water partition coefficient (Wildman–Crippen LogP) is 2.75. The molecule has 23 heavy (non-hydrogen) atoms. The topological polar surface area (TPSA) is 75.6 Å². The van der Waals surface area contributed by atoms with Crippen molar-refractivity contribution in [2.45, 2.75) is 13.8 Å². The number of phenolic OH excluding ortho intramolecular Hbond substituents is 2. The highest BCUT2D eigenvalue weighted by atomic mass is 32.1. The third-order valence-corrected chi connectivity index (χ3v) is 4.79. The van der Waals surface area contributed by atoms with Crippen LogP contribution in [0.1, 0.15) is 11.4 Å². The average Bonchev–Trinajstić information content (AvgIpc) is 2.98. The number of benzene rings is 1. The van der Waals surface area contributed by atoms with Crippen LogP contribution in [0.5, 0.6) is 11.5 Å². The molecule has 0 spiro atoms. The molecule has 2 heterocycles. The zero-order chi connectivity index (χ0) is 16.7. The molecular formula is C16H18N4O2S. The smallest absolute Gasteiger partial charge is 0.190 e. The Hall–Kier alpha value is -2.54. The maximum atomic E-state index is 9.68. The van der Waals surface area contributed by atoms with Crippen LogP contribution in [0.2, 0.25) is 0 Å². The van der Waals surface area contributed by atoms with E-state index in [1.165, 1.54) is 17.4 Å². The van der Waals surface area contributed by atoms with Gasteiger partial charge in [0.05, 0.1) is 17.1 Å². The first-order valence-corrected chi connectivity index (χ1v) is 7.98. The molecule has 3 aromatic rings. The van der Waals surface area contributed by atoms with E-state index in [0.717, 1.165) is 33.1 Å². The molecule has 0 saturated heterocycles. The molecule has 6 nitrogen and oxygen atoms in total. The van der Waals surface area contributed by atoms with Crippen LogP contribution in [0, 0.1) is 13.8 Å². The Labute approximate surface area is 137 Å². The summed E-state index contributed by atoms with van der Waals surface area (Å²) in [6.07, 6.45) is 0. The monoisotopic (exact) mass is 330 g/mol. The first-order chi connectivity index (χ1) is 10.9. The first kappa shape index (κ1) is 15.4. The summed E-state index contributed by atoms with van der Waals surface area (Å²) < 4.78 is 3.78. The SMILES string of the molecule is Cc1nn(C)c(C)c1N=c1scc(-c2ccc(O)c(O)c2)n1C. The molecule has 0 aliphatic carbocycles. The molecule has 2 N–H and O–H groups in total. The van der Waals surface area contributed by atoms with Gasteiger partial charge in [-0.3, -0.25) is 4.68 Å². The minimum atomic E-state index is -0.133. The van der Waals surface area contributed by atoms with Crippen molar-refractivity contribution in [2.24, 2.45) is 19.1 Å². The zero-order valence-corrected chi connectivity index (χ0v) is 14.2. The highest BCUT2D eigenvalue weighted by Crippen LogP contribution is 2.30. The number of hydrogen-bond donors (Lipinski definition) is 2. The highest BCUT2D eigenvalue weighted by Gasteiger charge is 2.11. The third-order valence-electron chi connectivity index (χ3n) is 3.87. The minimum absolute atomic E-state index is 0.127. The van der Waals surface area contributed by atoms with Crippen molar-refractivity contribution in [2.75, 3.05) is 0 Å². The number of hydrogen-bond acceptors (Lipinski definition) is 5. The van der Waals surface area contributed by atoms with Gasteiger partial charge in [-0.05, 0) is 32.0 Å². The van der Waals surface area contributed by atoms with Gasteiger partial charge in [-0.1, -0.05) is 0 Å². The van der Waals surface area contributed by atoms with Crippen molar-refractivity contribution in [1.29, 1.82) is 0 Å². The van der Waals surface area contributed by atoms with Gasteiger partial charge in [0, 0.05) is 25.0 Å².